The minimum Gasteiger partial charge on any atom is -0.309 e. The van der Waals surface area contributed by atoms with Crippen molar-refractivity contribution in [3.63, 3.8) is 0 Å². The van der Waals surface area contributed by atoms with E-state index in [0.29, 0.717) is 0 Å². The van der Waals surface area contributed by atoms with Gasteiger partial charge in [0.2, 0.25) is 0 Å². The fourth-order valence-corrected chi connectivity index (χ4v) is 8.70. The molecule has 0 fully saturated rings. The van der Waals surface area contributed by atoms with Crippen LogP contribution in [0.1, 0.15) is 0 Å². The van der Waals surface area contributed by atoms with Crippen molar-refractivity contribution in [2.75, 3.05) is 0 Å². The Kier molecular flexibility index (Phi) is 7.53. The monoisotopic (exact) mass is 712 g/mol. The van der Waals surface area contributed by atoms with E-state index in [2.05, 4.69) is 228 Å². The first kappa shape index (κ1) is 32.0. The molecule has 0 unspecified atom stereocenters. The second-order valence-corrected chi connectivity index (χ2v) is 14.5. The lowest BCUT2D eigenvalue weighted by Crippen LogP contribution is -1.94. The van der Waals surface area contributed by atoms with Crippen molar-refractivity contribution in [2.45, 2.75) is 0 Å². The van der Waals surface area contributed by atoms with E-state index in [0.717, 1.165) is 11.4 Å². The van der Waals surface area contributed by atoms with E-state index in [-0.39, 0.29) is 0 Å². The lowest BCUT2D eigenvalue weighted by molar-refractivity contribution is 1.18. The molecule has 56 heavy (non-hydrogen) atoms. The maximum atomic E-state index is 2.41. The van der Waals surface area contributed by atoms with Gasteiger partial charge in [-0.1, -0.05) is 158 Å². The van der Waals surface area contributed by atoms with E-state index in [1.54, 1.807) is 0 Å². The zero-order valence-electron chi connectivity index (χ0n) is 30.7. The van der Waals surface area contributed by atoms with Gasteiger partial charge in [-0.05, 0) is 105 Å². The third-order valence-corrected chi connectivity index (χ3v) is 11.3. The average molecular weight is 713 g/mol. The quantitative estimate of drug-likeness (QED) is 0.162. The Morgan fingerprint density at radius 1 is 0.232 bits per heavy atom. The summed E-state index contributed by atoms with van der Waals surface area (Å²) in [6.07, 6.45) is 0. The van der Waals surface area contributed by atoms with E-state index >= 15 is 0 Å². The molecule has 262 valence electrons. The molecule has 0 saturated carbocycles. The number of hydrogen-bond acceptors (Lipinski definition) is 0. The van der Waals surface area contributed by atoms with E-state index in [4.69, 9.17) is 0 Å². The van der Waals surface area contributed by atoms with Crippen LogP contribution in [0.4, 0.5) is 0 Å². The maximum absolute atomic E-state index is 2.41. The zero-order chi connectivity index (χ0) is 37.0. The molecular weight excluding hydrogens is 677 g/mol. The summed E-state index contributed by atoms with van der Waals surface area (Å²) in [7, 11) is 0. The van der Waals surface area contributed by atoms with Crippen molar-refractivity contribution in [1.82, 2.24) is 9.13 Å². The Balaban J connectivity index is 1.09. The molecule has 0 saturated heterocycles. The number of para-hydroxylation sites is 2. The molecule has 0 radical (unpaired) electrons. The normalized spacial score (nSPS) is 11.6. The second-order valence-electron chi connectivity index (χ2n) is 14.5. The summed E-state index contributed by atoms with van der Waals surface area (Å²) in [6, 6.07) is 79.4. The Morgan fingerprint density at radius 2 is 0.679 bits per heavy atom. The van der Waals surface area contributed by atoms with Gasteiger partial charge in [-0.3, -0.25) is 0 Å². The Hall–Kier alpha value is -7.42. The molecule has 11 aromatic rings. The van der Waals surface area contributed by atoms with Gasteiger partial charge in [0.05, 0.1) is 22.1 Å². The van der Waals surface area contributed by atoms with Gasteiger partial charge in [0.1, 0.15) is 0 Å². The van der Waals surface area contributed by atoms with Crippen molar-refractivity contribution in [3.05, 3.63) is 218 Å². The van der Waals surface area contributed by atoms with Crippen LogP contribution in [0, 0.1) is 0 Å². The van der Waals surface area contributed by atoms with Crippen molar-refractivity contribution >= 4 is 43.6 Å². The largest absolute Gasteiger partial charge is 0.309 e. The molecule has 0 bridgehead atoms. The third-order valence-electron chi connectivity index (χ3n) is 11.3. The predicted molar refractivity (Wildman–Crippen MR) is 237 cm³/mol. The third kappa shape index (κ3) is 5.26. The summed E-state index contributed by atoms with van der Waals surface area (Å²) in [5.41, 5.74) is 16.8. The van der Waals surface area contributed by atoms with Gasteiger partial charge < -0.3 is 9.13 Å². The molecule has 2 heterocycles. The molecule has 9 aromatic carbocycles. The van der Waals surface area contributed by atoms with Crippen LogP contribution < -0.4 is 0 Å². The summed E-state index contributed by atoms with van der Waals surface area (Å²) in [6.45, 7) is 0. The van der Waals surface area contributed by atoms with Crippen LogP contribution in [0.2, 0.25) is 0 Å². The number of hydrogen-bond donors (Lipinski definition) is 0. The Labute approximate surface area is 325 Å². The standard InChI is InChI=1S/C54H36N2/c1-4-14-37(15-5-1)39-26-28-40(29-27-39)46-23-13-25-53-54(46)49-36-43(31-33-52(49)55(53)44-19-8-3-9-20-44)42-30-32-51-48(35-42)47-22-10-11-24-50(47)56(51)45-21-12-18-41(34-45)38-16-6-2-7-17-38/h1-36H. The number of fused-ring (bicyclic) bond motifs is 6. The molecular formula is C54H36N2. The van der Waals surface area contributed by atoms with Gasteiger partial charge in [0, 0.05) is 32.9 Å². The lowest BCUT2D eigenvalue weighted by Gasteiger charge is -2.11. The molecule has 11 rings (SSSR count). The molecule has 0 N–H and O–H groups in total. The zero-order valence-corrected chi connectivity index (χ0v) is 30.7. The summed E-state index contributed by atoms with van der Waals surface area (Å²) < 4.78 is 4.82. The second kappa shape index (κ2) is 13.2. The molecule has 0 spiro atoms. The van der Waals surface area contributed by atoms with Crippen molar-refractivity contribution in [2.24, 2.45) is 0 Å². The van der Waals surface area contributed by atoms with Crippen LogP contribution in [-0.4, -0.2) is 9.13 Å². The fourth-order valence-electron chi connectivity index (χ4n) is 8.70. The summed E-state index contributed by atoms with van der Waals surface area (Å²) in [4.78, 5) is 0. The van der Waals surface area contributed by atoms with Gasteiger partial charge in [-0.15, -0.1) is 0 Å². The highest BCUT2D eigenvalue weighted by Crippen LogP contribution is 2.42. The van der Waals surface area contributed by atoms with E-state index in [1.807, 2.05) is 0 Å². The molecule has 2 heteroatoms. The minimum absolute atomic E-state index is 1.15. The summed E-state index contributed by atoms with van der Waals surface area (Å²) >= 11 is 0. The Morgan fingerprint density at radius 3 is 1.41 bits per heavy atom. The highest BCUT2D eigenvalue weighted by atomic mass is 15.0. The number of aromatic nitrogens is 2. The minimum atomic E-state index is 1.15. The van der Waals surface area contributed by atoms with Crippen molar-refractivity contribution in [1.29, 1.82) is 0 Å². The smallest absolute Gasteiger partial charge is 0.0547 e. The highest BCUT2D eigenvalue weighted by Gasteiger charge is 2.19. The Bertz CT molecular complexity index is 3210. The number of benzene rings is 9. The van der Waals surface area contributed by atoms with Crippen LogP contribution in [0.15, 0.2) is 218 Å². The fraction of sp³-hybridized carbons (Fsp3) is 0. The molecule has 0 aliphatic heterocycles. The molecule has 0 amide bonds. The molecule has 0 atom stereocenters. The summed E-state index contributed by atoms with van der Waals surface area (Å²) in [5, 5.41) is 4.99. The van der Waals surface area contributed by atoms with Gasteiger partial charge in [-0.25, -0.2) is 0 Å². The van der Waals surface area contributed by atoms with Crippen LogP contribution in [0.25, 0.3) is 99.5 Å². The molecule has 2 aromatic heterocycles. The van der Waals surface area contributed by atoms with E-state index in [9.17, 15) is 0 Å². The SMILES string of the molecule is c1ccc(-c2ccc(-c3cccc4c3c3cc(-c5ccc6c(c5)c5ccccc5n6-c5cccc(-c6ccccc6)c5)ccc3n4-c3ccccc3)cc2)cc1. The van der Waals surface area contributed by atoms with Crippen LogP contribution in [0.3, 0.4) is 0 Å². The highest BCUT2D eigenvalue weighted by molar-refractivity contribution is 6.17. The van der Waals surface area contributed by atoms with Crippen LogP contribution in [-0.2, 0) is 0 Å². The van der Waals surface area contributed by atoms with Gasteiger partial charge in [-0.2, -0.15) is 0 Å². The maximum Gasteiger partial charge on any atom is 0.0547 e. The molecule has 2 nitrogen and oxygen atoms in total. The van der Waals surface area contributed by atoms with Gasteiger partial charge in [0.25, 0.3) is 0 Å². The first-order valence-electron chi connectivity index (χ1n) is 19.3. The van der Waals surface area contributed by atoms with Crippen LogP contribution in [0.5, 0.6) is 0 Å². The average Bonchev–Trinajstić information content (AvgIpc) is 3.80. The van der Waals surface area contributed by atoms with Gasteiger partial charge >= 0.3 is 0 Å². The van der Waals surface area contributed by atoms with E-state index < -0.39 is 0 Å². The van der Waals surface area contributed by atoms with E-state index in [1.165, 1.54) is 88.1 Å². The number of rotatable bonds is 6. The first-order chi connectivity index (χ1) is 27.8. The molecule has 0 aliphatic carbocycles. The van der Waals surface area contributed by atoms with Crippen LogP contribution >= 0.6 is 0 Å². The topological polar surface area (TPSA) is 9.86 Å². The lowest BCUT2D eigenvalue weighted by atomic mass is 9.95. The molecule has 0 aliphatic rings. The van der Waals surface area contributed by atoms with Crippen molar-refractivity contribution in [3.8, 4) is 55.9 Å². The predicted octanol–water partition coefficient (Wildman–Crippen LogP) is 14.5. The van der Waals surface area contributed by atoms with Gasteiger partial charge in [0.15, 0.2) is 0 Å². The summed E-state index contributed by atoms with van der Waals surface area (Å²) in [5.74, 6) is 0. The first-order valence-corrected chi connectivity index (χ1v) is 19.3. The van der Waals surface area contributed by atoms with Crippen molar-refractivity contribution < 1.29 is 0 Å². The number of nitrogens with zero attached hydrogens (tertiary/aromatic N) is 2.